The van der Waals surface area contributed by atoms with Crippen LogP contribution < -0.4 is 0 Å². The average Bonchev–Trinajstić information content (AvgIpc) is 2.67. The second-order valence-corrected chi connectivity index (χ2v) is 8.60. The van der Waals surface area contributed by atoms with E-state index in [-0.39, 0.29) is 11.7 Å². The van der Waals surface area contributed by atoms with Crippen LogP contribution in [0.5, 0.6) is 0 Å². The van der Waals surface area contributed by atoms with Gasteiger partial charge in [-0.3, -0.25) is 4.79 Å². The molecular formula is C18H26N2O4S. The first-order valence-electron chi connectivity index (χ1n) is 8.97. The lowest BCUT2D eigenvalue weighted by Gasteiger charge is -2.36. The molecule has 6 nitrogen and oxygen atoms in total. The minimum Gasteiger partial charge on any atom is -0.379 e. The van der Waals surface area contributed by atoms with Crippen LogP contribution in [0, 0.1) is 5.92 Å². The molecule has 1 aromatic rings. The number of nitrogens with zero attached hydrogens (tertiary/aromatic N) is 2. The van der Waals surface area contributed by atoms with Crippen molar-refractivity contribution in [2.75, 3.05) is 39.4 Å². The van der Waals surface area contributed by atoms with Gasteiger partial charge in [-0.25, -0.2) is 0 Å². The highest BCUT2D eigenvalue weighted by Gasteiger charge is 2.36. The van der Waals surface area contributed by atoms with Crippen molar-refractivity contribution in [2.45, 2.75) is 25.7 Å². The third-order valence-corrected chi connectivity index (χ3v) is 6.97. The Morgan fingerprint density at radius 2 is 1.80 bits per heavy atom. The normalized spacial score (nSPS) is 23.4. The number of ether oxygens (including phenoxy) is 1. The summed E-state index contributed by atoms with van der Waals surface area (Å²) in [6, 6.07) is 9.93. The lowest BCUT2D eigenvalue weighted by atomic mass is 9.91. The van der Waals surface area contributed by atoms with Gasteiger partial charge >= 0.3 is 0 Å². The number of benzene rings is 1. The number of aryl methyl sites for hydroxylation is 1. The number of piperidine rings is 1. The van der Waals surface area contributed by atoms with Gasteiger partial charge in [-0.2, -0.15) is 17.0 Å². The second-order valence-electron chi connectivity index (χ2n) is 6.67. The van der Waals surface area contributed by atoms with Crippen LogP contribution in [0.4, 0.5) is 0 Å². The van der Waals surface area contributed by atoms with Crippen molar-refractivity contribution in [3.63, 3.8) is 0 Å². The van der Waals surface area contributed by atoms with Gasteiger partial charge in [-0.05, 0) is 24.8 Å². The third kappa shape index (κ3) is 4.67. The average molecular weight is 366 g/mol. The Morgan fingerprint density at radius 1 is 1.08 bits per heavy atom. The molecule has 0 spiro atoms. The van der Waals surface area contributed by atoms with Crippen LogP contribution >= 0.6 is 0 Å². The predicted octanol–water partition coefficient (Wildman–Crippen LogP) is 1.48. The van der Waals surface area contributed by atoms with Crippen molar-refractivity contribution in [3.05, 3.63) is 35.9 Å². The highest BCUT2D eigenvalue weighted by Crippen LogP contribution is 2.23. The zero-order valence-corrected chi connectivity index (χ0v) is 15.3. The topological polar surface area (TPSA) is 66.9 Å². The number of Topliss-reactive ketones (excluding diaryl/α,β-unsaturated/α-hetero) is 1. The summed E-state index contributed by atoms with van der Waals surface area (Å²) in [5, 5.41) is 0. The van der Waals surface area contributed by atoms with Gasteiger partial charge in [0.2, 0.25) is 0 Å². The third-order valence-electron chi connectivity index (χ3n) is 4.96. The molecule has 2 fully saturated rings. The number of carbonyl (C=O) groups excluding carboxylic acids is 1. The number of rotatable bonds is 6. The largest absolute Gasteiger partial charge is 0.379 e. The first-order chi connectivity index (χ1) is 12.1. The van der Waals surface area contributed by atoms with Crippen LogP contribution in [0.25, 0.3) is 0 Å². The highest BCUT2D eigenvalue weighted by atomic mass is 32.2. The van der Waals surface area contributed by atoms with Gasteiger partial charge in [-0.1, -0.05) is 30.3 Å². The summed E-state index contributed by atoms with van der Waals surface area (Å²) in [4.78, 5) is 12.6. The van der Waals surface area contributed by atoms with Crippen LogP contribution in [-0.4, -0.2) is 62.2 Å². The number of morpholine rings is 1. The Hall–Kier alpha value is -1.28. The first kappa shape index (κ1) is 18.5. The van der Waals surface area contributed by atoms with Crippen molar-refractivity contribution < 1.29 is 17.9 Å². The van der Waals surface area contributed by atoms with E-state index >= 15 is 0 Å². The smallest absolute Gasteiger partial charge is 0.282 e. The summed E-state index contributed by atoms with van der Waals surface area (Å²) in [5.41, 5.74) is 1.14. The molecule has 2 saturated heterocycles. The second kappa shape index (κ2) is 8.40. The Kier molecular flexibility index (Phi) is 6.22. The van der Waals surface area contributed by atoms with E-state index in [4.69, 9.17) is 4.74 Å². The molecule has 0 bridgehead atoms. The Balaban J connectivity index is 1.57. The fourth-order valence-corrected chi connectivity index (χ4v) is 5.14. The minimum absolute atomic E-state index is 0.172. The van der Waals surface area contributed by atoms with Crippen molar-refractivity contribution in [2.24, 2.45) is 5.92 Å². The van der Waals surface area contributed by atoms with Crippen molar-refractivity contribution in [3.8, 4) is 0 Å². The van der Waals surface area contributed by atoms with Gasteiger partial charge in [0.15, 0.2) is 0 Å². The maximum Gasteiger partial charge on any atom is 0.282 e. The molecule has 3 rings (SSSR count). The molecule has 0 aliphatic carbocycles. The van der Waals surface area contributed by atoms with E-state index in [9.17, 15) is 13.2 Å². The summed E-state index contributed by atoms with van der Waals surface area (Å²) in [7, 11) is -3.48. The van der Waals surface area contributed by atoms with E-state index in [1.54, 1.807) is 0 Å². The summed E-state index contributed by atoms with van der Waals surface area (Å²) in [6.07, 6.45) is 2.71. The zero-order chi connectivity index (χ0) is 17.7. The van der Waals surface area contributed by atoms with E-state index in [1.807, 2.05) is 30.3 Å². The van der Waals surface area contributed by atoms with Gasteiger partial charge in [0.1, 0.15) is 5.78 Å². The van der Waals surface area contributed by atoms with E-state index in [1.165, 1.54) is 8.61 Å². The van der Waals surface area contributed by atoms with E-state index in [0.29, 0.717) is 52.2 Å². The molecule has 25 heavy (non-hydrogen) atoms. The standard InChI is InChI=1S/C18H26N2O4S/c21-18(9-8-16-5-2-1-3-6-16)17-7-4-10-20(15-17)25(22,23)19-11-13-24-14-12-19/h1-3,5-6,17H,4,7-15H2/t17-/m0/s1. The lowest BCUT2D eigenvalue weighted by Crippen LogP contribution is -2.52. The fraction of sp³-hybridized carbons (Fsp3) is 0.611. The maximum atomic E-state index is 12.8. The van der Waals surface area contributed by atoms with Crippen molar-refractivity contribution in [1.82, 2.24) is 8.61 Å². The van der Waals surface area contributed by atoms with E-state index in [2.05, 4.69) is 0 Å². The van der Waals surface area contributed by atoms with Gasteiger partial charge in [0.05, 0.1) is 13.2 Å². The molecule has 0 radical (unpaired) electrons. The summed E-state index contributed by atoms with van der Waals surface area (Å²) in [5.74, 6) is -0.0148. The zero-order valence-electron chi connectivity index (χ0n) is 14.5. The van der Waals surface area contributed by atoms with Crippen LogP contribution in [0.15, 0.2) is 30.3 Å². The number of carbonyl (C=O) groups is 1. The Bertz CT molecular complexity index is 672. The van der Waals surface area contributed by atoms with Gasteiger partial charge in [0, 0.05) is 38.5 Å². The van der Waals surface area contributed by atoms with Crippen LogP contribution in [-0.2, 0) is 26.2 Å². The number of hydrogen-bond donors (Lipinski definition) is 0. The molecule has 1 aromatic carbocycles. The van der Waals surface area contributed by atoms with Gasteiger partial charge in [-0.15, -0.1) is 0 Å². The molecule has 0 aromatic heterocycles. The summed E-state index contributed by atoms with van der Waals surface area (Å²) < 4.78 is 33.8. The molecule has 2 heterocycles. The highest BCUT2D eigenvalue weighted by molar-refractivity contribution is 7.86. The minimum atomic E-state index is -3.48. The van der Waals surface area contributed by atoms with Crippen molar-refractivity contribution >= 4 is 16.0 Å². The molecule has 1 atom stereocenters. The molecule has 0 saturated carbocycles. The molecular weight excluding hydrogens is 340 g/mol. The van der Waals surface area contributed by atoms with Gasteiger partial charge < -0.3 is 4.74 Å². The van der Waals surface area contributed by atoms with Crippen LogP contribution in [0.1, 0.15) is 24.8 Å². The molecule has 0 amide bonds. The molecule has 138 valence electrons. The quantitative estimate of drug-likeness (QED) is 0.765. The predicted molar refractivity (Wildman–Crippen MR) is 95.4 cm³/mol. The summed E-state index contributed by atoms with van der Waals surface area (Å²) in [6.45, 7) is 2.48. The SMILES string of the molecule is O=C(CCc1ccccc1)[C@H]1CCCN(S(=O)(=O)N2CCOCC2)C1. The molecule has 0 unspecified atom stereocenters. The van der Waals surface area contributed by atoms with Crippen LogP contribution in [0.2, 0.25) is 0 Å². The summed E-state index contributed by atoms with van der Waals surface area (Å²) >= 11 is 0. The Morgan fingerprint density at radius 3 is 2.52 bits per heavy atom. The fourth-order valence-electron chi connectivity index (χ4n) is 3.47. The molecule has 2 aliphatic rings. The van der Waals surface area contributed by atoms with E-state index < -0.39 is 10.2 Å². The molecule has 0 N–H and O–H groups in total. The number of hydrogen-bond acceptors (Lipinski definition) is 4. The maximum absolute atomic E-state index is 12.8. The monoisotopic (exact) mass is 366 g/mol. The van der Waals surface area contributed by atoms with Crippen molar-refractivity contribution in [1.29, 1.82) is 0 Å². The molecule has 7 heteroatoms. The Labute approximate surface area is 149 Å². The van der Waals surface area contributed by atoms with Gasteiger partial charge in [0.25, 0.3) is 10.2 Å². The van der Waals surface area contributed by atoms with Crippen LogP contribution in [0.3, 0.4) is 0 Å². The molecule has 2 aliphatic heterocycles. The lowest BCUT2D eigenvalue weighted by molar-refractivity contribution is -0.123. The number of ketones is 1. The van der Waals surface area contributed by atoms with E-state index in [0.717, 1.165) is 18.4 Å². The first-order valence-corrected chi connectivity index (χ1v) is 10.4.